The van der Waals surface area contributed by atoms with Gasteiger partial charge in [-0.15, -0.1) is 19.7 Å². The molecule has 0 amide bonds. The maximum atomic E-state index is 10.6. The summed E-state index contributed by atoms with van der Waals surface area (Å²) in [6.45, 7) is 36.8. The molecule has 0 aliphatic heterocycles. The van der Waals surface area contributed by atoms with Crippen LogP contribution in [0.1, 0.15) is 351 Å². The predicted octanol–water partition coefficient (Wildman–Crippen LogP) is 24.8. The topological polar surface area (TPSA) is 104 Å². The average molecular weight is 1120 g/mol. The standard InChI is InChI=1S/C14H26O2.C12H22O2.2C11H20O.C10H18O.C5H10.C3H8.C2H6.4CH4/c1-3-4-5-6-7-8-9-10-11-12-13-16-14(2)15;1-3-4-5-6-7-8-9-10-11-14-12(2)13;2*1-3-4-5-6-7-8-9-10-11(2)12;1-3-4-5-6-7-8-9-10(2)11;1-3-5-4-2;1-3-2;1-2;;;;/h5-6H,3-4,7-13H2,1-2H3;5-6H,3-4,7-11H2,1-2H3;3-4H,5-10H2,1-2H3;3H,1,4-10H2,2H3;3H,1,4-9H2,2H3;3H,1,4-5H2,2H3;3H2,1-2H3;1-2H3;4*1H4/b;6-5-;;;;;;;;;;. The molecule has 0 aliphatic carbocycles. The van der Waals surface area contributed by atoms with Crippen molar-refractivity contribution in [3.05, 3.63) is 74.4 Å². The highest BCUT2D eigenvalue weighted by atomic mass is 16.5. The molecule has 0 heterocycles. The van der Waals surface area contributed by atoms with Crippen molar-refractivity contribution in [1.29, 1.82) is 0 Å². The fraction of sp³-hybridized carbons (Fsp3) is 0.764. The van der Waals surface area contributed by atoms with Crippen LogP contribution in [0.25, 0.3) is 0 Å². The van der Waals surface area contributed by atoms with E-state index >= 15 is 0 Å². The van der Waals surface area contributed by atoms with Crippen molar-refractivity contribution in [2.24, 2.45) is 0 Å². The number of rotatable bonds is 42. The molecule has 0 aromatic rings. The van der Waals surface area contributed by atoms with E-state index in [9.17, 15) is 24.0 Å². The minimum Gasteiger partial charge on any atom is -0.466 e. The molecule has 0 rings (SSSR count). The number of Topliss-reactive ketones (excluding diaryl/α,β-unsaturated/α-hetero) is 3. The number of carbonyl (C=O) groups excluding carboxylic acids is 5. The second-order valence-corrected chi connectivity index (χ2v) is 18.9. The zero-order valence-electron chi connectivity index (χ0n) is 52.5. The van der Waals surface area contributed by atoms with E-state index in [1.807, 2.05) is 32.1 Å². The molecule has 0 aromatic carbocycles. The molecule has 0 unspecified atom stereocenters. The normalized spacial score (nSPS) is 9.33. The van der Waals surface area contributed by atoms with Gasteiger partial charge in [0.25, 0.3) is 0 Å². The van der Waals surface area contributed by atoms with E-state index < -0.39 is 0 Å². The van der Waals surface area contributed by atoms with E-state index in [2.05, 4.69) is 97.7 Å². The summed E-state index contributed by atoms with van der Waals surface area (Å²) in [4.78, 5) is 52.5. The molecule has 79 heavy (non-hydrogen) atoms. The van der Waals surface area contributed by atoms with Crippen molar-refractivity contribution in [2.75, 3.05) is 13.2 Å². The lowest BCUT2D eigenvalue weighted by atomic mass is 10.1. The molecule has 476 valence electrons. The van der Waals surface area contributed by atoms with Crippen molar-refractivity contribution in [2.45, 2.75) is 351 Å². The van der Waals surface area contributed by atoms with Crippen LogP contribution in [0.5, 0.6) is 0 Å². The number of hydrogen-bond donors (Lipinski definition) is 0. The van der Waals surface area contributed by atoms with Crippen molar-refractivity contribution >= 4 is 29.3 Å². The summed E-state index contributed by atoms with van der Waals surface area (Å²) in [5.74, 6) is 0.618. The summed E-state index contributed by atoms with van der Waals surface area (Å²) in [6, 6.07) is 0. The van der Waals surface area contributed by atoms with E-state index in [-0.39, 0.29) is 41.6 Å². The lowest BCUT2D eigenvalue weighted by Gasteiger charge is -2.01. The highest BCUT2D eigenvalue weighted by molar-refractivity contribution is 5.76. The van der Waals surface area contributed by atoms with Gasteiger partial charge in [0.05, 0.1) is 13.2 Å². The van der Waals surface area contributed by atoms with Gasteiger partial charge < -0.3 is 23.9 Å². The number of ether oxygens (including phenoxy) is 2. The molecule has 0 spiro atoms. The van der Waals surface area contributed by atoms with E-state index in [4.69, 9.17) is 9.47 Å². The lowest BCUT2D eigenvalue weighted by molar-refractivity contribution is -0.142. The van der Waals surface area contributed by atoms with Crippen LogP contribution in [0, 0.1) is 0 Å². The molecule has 0 radical (unpaired) electrons. The summed E-state index contributed by atoms with van der Waals surface area (Å²) in [6.07, 6.45) is 60.7. The maximum Gasteiger partial charge on any atom is 0.302 e. The first-order valence-electron chi connectivity index (χ1n) is 30.7. The van der Waals surface area contributed by atoms with Gasteiger partial charge in [-0.25, -0.2) is 0 Å². The van der Waals surface area contributed by atoms with E-state index in [0.717, 1.165) is 83.5 Å². The molecule has 0 fully saturated rings. The van der Waals surface area contributed by atoms with Crippen LogP contribution in [0.2, 0.25) is 0 Å². The molecule has 0 aliphatic rings. The first kappa shape index (κ1) is 104. The van der Waals surface area contributed by atoms with Crippen LogP contribution in [0.4, 0.5) is 0 Å². The monoisotopic (exact) mass is 1120 g/mol. The predicted molar refractivity (Wildman–Crippen MR) is 362 cm³/mol. The highest BCUT2D eigenvalue weighted by Gasteiger charge is 1.97. The molecule has 0 bridgehead atoms. The average Bonchev–Trinajstić information content (AvgIpc) is 3.37. The third-order valence-corrected chi connectivity index (χ3v) is 10.4. The van der Waals surface area contributed by atoms with Crippen LogP contribution < -0.4 is 0 Å². The Bertz CT molecular complexity index is 1230. The van der Waals surface area contributed by atoms with Gasteiger partial charge in [-0.05, 0) is 150 Å². The molecular weight excluding hydrogens is 977 g/mol. The number of ketones is 3. The fourth-order valence-electron chi connectivity index (χ4n) is 6.24. The molecule has 0 saturated heterocycles. The zero-order chi connectivity index (χ0) is 58.5. The fourth-order valence-corrected chi connectivity index (χ4v) is 6.24. The van der Waals surface area contributed by atoms with Crippen LogP contribution in [0.3, 0.4) is 0 Å². The molecule has 0 saturated carbocycles. The van der Waals surface area contributed by atoms with Gasteiger partial charge in [0.1, 0.15) is 17.3 Å². The van der Waals surface area contributed by atoms with Gasteiger partial charge in [-0.3, -0.25) is 9.59 Å². The minimum absolute atomic E-state index is 0. The summed E-state index contributed by atoms with van der Waals surface area (Å²) >= 11 is 0. The third kappa shape index (κ3) is 166. The Morgan fingerprint density at radius 3 is 0.797 bits per heavy atom. The SMILES string of the molecule is C.C.C.C.C=CCCC.C=CCCCCCCC(C)=O.C=CCCCCCCCC(C)=O.CC.CC=CCCCCCCC(C)=O.CCC.CCC/C=C\CCCCCOC(C)=O.CCCC=CCCCCCCCOC(C)=O. The van der Waals surface area contributed by atoms with Crippen LogP contribution in [-0.4, -0.2) is 42.5 Å². The number of carbonyl (C=O) groups is 5. The van der Waals surface area contributed by atoms with Crippen molar-refractivity contribution < 1.29 is 33.4 Å². The Hall–Kier alpha value is -3.61. The van der Waals surface area contributed by atoms with Gasteiger partial charge in [0, 0.05) is 33.1 Å². The van der Waals surface area contributed by atoms with Crippen LogP contribution in [-0.2, 0) is 33.4 Å². The molecule has 0 atom stereocenters. The Morgan fingerprint density at radius 1 is 0.329 bits per heavy atom. The van der Waals surface area contributed by atoms with Gasteiger partial charge >= 0.3 is 11.9 Å². The van der Waals surface area contributed by atoms with Gasteiger partial charge in [-0.2, -0.15) is 0 Å². The molecule has 0 N–H and O–H groups in total. The minimum atomic E-state index is -0.173. The summed E-state index contributed by atoms with van der Waals surface area (Å²) in [5, 5.41) is 0. The Kier molecular flexibility index (Phi) is 144. The summed E-state index contributed by atoms with van der Waals surface area (Å²) < 4.78 is 9.69. The first-order valence-corrected chi connectivity index (χ1v) is 30.7. The molecular formula is C72H146O7. The smallest absolute Gasteiger partial charge is 0.302 e. The van der Waals surface area contributed by atoms with E-state index in [0.29, 0.717) is 30.6 Å². The number of esters is 2. The van der Waals surface area contributed by atoms with E-state index in [1.54, 1.807) is 20.8 Å². The number of hydrogen-bond acceptors (Lipinski definition) is 7. The summed E-state index contributed by atoms with van der Waals surface area (Å²) in [7, 11) is 0. The van der Waals surface area contributed by atoms with Gasteiger partial charge in [-0.1, -0.05) is 223 Å². The Morgan fingerprint density at radius 2 is 0.557 bits per heavy atom. The van der Waals surface area contributed by atoms with Crippen LogP contribution >= 0.6 is 0 Å². The lowest BCUT2D eigenvalue weighted by Crippen LogP contribution is -1.99. The largest absolute Gasteiger partial charge is 0.466 e. The Balaban J connectivity index is -0.0000000675. The van der Waals surface area contributed by atoms with Crippen molar-refractivity contribution in [3.63, 3.8) is 0 Å². The molecule has 7 nitrogen and oxygen atoms in total. The molecule has 0 aromatic heterocycles. The zero-order valence-corrected chi connectivity index (χ0v) is 52.5. The summed E-state index contributed by atoms with van der Waals surface area (Å²) in [5.41, 5.74) is 0. The maximum absolute atomic E-state index is 10.6. The quantitative estimate of drug-likeness (QED) is 0.0341. The molecule has 7 heteroatoms. The van der Waals surface area contributed by atoms with Crippen molar-refractivity contribution in [1.82, 2.24) is 0 Å². The third-order valence-electron chi connectivity index (χ3n) is 10.4. The highest BCUT2D eigenvalue weighted by Crippen LogP contribution is 2.10. The van der Waals surface area contributed by atoms with Crippen molar-refractivity contribution in [3.8, 4) is 0 Å². The van der Waals surface area contributed by atoms with Gasteiger partial charge in [0.15, 0.2) is 0 Å². The van der Waals surface area contributed by atoms with Gasteiger partial charge in [0.2, 0.25) is 0 Å². The first-order chi connectivity index (χ1) is 36.2. The number of allylic oxidation sites excluding steroid dienone is 9. The number of unbranched alkanes of at least 4 members (excludes halogenated alkanes) is 24. The van der Waals surface area contributed by atoms with Crippen LogP contribution in [0.15, 0.2) is 74.4 Å². The van der Waals surface area contributed by atoms with E-state index in [1.165, 1.54) is 162 Å². The Labute approximate surface area is 499 Å². The second-order valence-electron chi connectivity index (χ2n) is 18.9. The second kappa shape index (κ2) is 110.